The molecule has 1 atom stereocenters. The molecule has 112 valence electrons. The lowest BCUT2D eigenvalue weighted by molar-refractivity contribution is 0.0945. The highest BCUT2D eigenvalue weighted by Crippen LogP contribution is 2.25. The second-order valence-electron chi connectivity index (χ2n) is 4.62. The van der Waals surface area contributed by atoms with E-state index in [2.05, 4.69) is 10.1 Å². The van der Waals surface area contributed by atoms with Crippen LogP contribution in [-0.2, 0) is 11.2 Å². The number of nitrogens with one attached hydrogen (secondary N) is 1. The maximum atomic E-state index is 12.8. The van der Waals surface area contributed by atoms with Gasteiger partial charge in [-0.1, -0.05) is 12.1 Å². The minimum atomic E-state index is -1.32. The smallest absolute Gasteiger partial charge is 0.404 e. The summed E-state index contributed by atoms with van der Waals surface area (Å²) in [6.45, 7) is 0.103. The molecule has 1 aromatic rings. The fourth-order valence-corrected chi connectivity index (χ4v) is 2.14. The average molecular weight is 294 g/mol. The molecule has 1 aliphatic heterocycles. The third-order valence-corrected chi connectivity index (χ3v) is 3.25. The fraction of sp³-hybridized carbons (Fsp3) is 0.286. The predicted octanol–water partition coefficient (Wildman–Crippen LogP) is 0.955. The zero-order valence-corrected chi connectivity index (χ0v) is 11.1. The van der Waals surface area contributed by atoms with Gasteiger partial charge in [0.2, 0.25) is 0 Å². The van der Waals surface area contributed by atoms with Crippen LogP contribution in [0.3, 0.4) is 0 Å². The van der Waals surface area contributed by atoms with Crippen LogP contribution in [0.15, 0.2) is 30.1 Å². The Morgan fingerprint density at radius 2 is 2.33 bits per heavy atom. The first-order chi connectivity index (χ1) is 10.0. The summed E-state index contributed by atoms with van der Waals surface area (Å²) in [5, 5.41) is 12.8. The number of benzene rings is 1. The first kappa shape index (κ1) is 15.0. The third-order valence-electron chi connectivity index (χ3n) is 3.25. The predicted molar refractivity (Wildman–Crippen MR) is 72.2 cm³/mol. The van der Waals surface area contributed by atoms with Gasteiger partial charge < -0.3 is 20.9 Å². The molecule has 7 heteroatoms. The van der Waals surface area contributed by atoms with Gasteiger partial charge in [0, 0.05) is 17.7 Å². The molecule has 6 nitrogen and oxygen atoms in total. The Balaban J connectivity index is 2.22. The van der Waals surface area contributed by atoms with Gasteiger partial charge in [-0.05, 0) is 23.6 Å². The molecule has 1 aromatic carbocycles. The van der Waals surface area contributed by atoms with Gasteiger partial charge in [0.25, 0.3) is 5.91 Å². The summed E-state index contributed by atoms with van der Waals surface area (Å²) >= 11 is 0. The number of nitrogens with two attached hydrogens (primary N) is 1. The summed E-state index contributed by atoms with van der Waals surface area (Å²) in [7, 11) is 0. The van der Waals surface area contributed by atoms with Gasteiger partial charge in [-0.3, -0.25) is 4.79 Å². The van der Waals surface area contributed by atoms with Gasteiger partial charge in [-0.15, -0.1) is 0 Å². The van der Waals surface area contributed by atoms with Crippen molar-refractivity contribution < 1.29 is 23.8 Å². The zero-order valence-electron chi connectivity index (χ0n) is 11.1. The van der Waals surface area contributed by atoms with E-state index in [0.29, 0.717) is 24.1 Å². The number of aliphatic hydroxyl groups excluding tert-OH is 1. The van der Waals surface area contributed by atoms with Gasteiger partial charge >= 0.3 is 6.09 Å². The minimum Gasteiger partial charge on any atom is -0.445 e. The van der Waals surface area contributed by atoms with Crippen molar-refractivity contribution in [3.8, 4) is 0 Å². The lowest BCUT2D eigenvalue weighted by Gasteiger charge is -2.19. The van der Waals surface area contributed by atoms with Crippen molar-refractivity contribution in [2.45, 2.75) is 12.5 Å². The van der Waals surface area contributed by atoms with E-state index in [0.717, 1.165) is 5.56 Å². The van der Waals surface area contributed by atoms with Crippen molar-refractivity contribution in [2.75, 3.05) is 13.2 Å². The molecule has 1 heterocycles. The maximum Gasteiger partial charge on any atom is 0.404 e. The van der Waals surface area contributed by atoms with E-state index < -0.39 is 18.8 Å². The number of carbonyl (C=O) groups excluding carboxylic acids is 2. The number of rotatable bonds is 4. The number of primary amides is 1. The van der Waals surface area contributed by atoms with Gasteiger partial charge in [-0.25, -0.2) is 9.18 Å². The van der Waals surface area contributed by atoms with E-state index in [1.54, 1.807) is 12.1 Å². The lowest BCUT2D eigenvalue weighted by Crippen LogP contribution is -2.32. The highest BCUT2D eigenvalue weighted by atomic mass is 19.1. The molecule has 0 saturated heterocycles. The van der Waals surface area contributed by atoms with Gasteiger partial charge in [0.1, 0.15) is 12.7 Å². The quantitative estimate of drug-likeness (QED) is 0.769. The van der Waals surface area contributed by atoms with Crippen molar-refractivity contribution in [2.24, 2.45) is 5.73 Å². The normalized spacial score (nSPS) is 15.9. The number of hydrogen-bond acceptors (Lipinski definition) is 4. The van der Waals surface area contributed by atoms with Crippen molar-refractivity contribution in [3.63, 3.8) is 0 Å². The molecule has 0 aromatic heterocycles. The summed E-state index contributed by atoms with van der Waals surface area (Å²) in [5.41, 5.74) is 6.29. The van der Waals surface area contributed by atoms with E-state index in [1.165, 1.54) is 6.07 Å². The highest BCUT2D eigenvalue weighted by Gasteiger charge is 2.21. The summed E-state index contributed by atoms with van der Waals surface area (Å²) < 4.78 is 17.3. The third kappa shape index (κ3) is 3.38. The fourth-order valence-electron chi connectivity index (χ4n) is 2.14. The molecule has 21 heavy (non-hydrogen) atoms. The van der Waals surface area contributed by atoms with E-state index in [9.17, 15) is 19.1 Å². The van der Waals surface area contributed by atoms with Crippen molar-refractivity contribution in [1.82, 2.24) is 5.32 Å². The Kier molecular flexibility index (Phi) is 4.54. The number of ether oxygens (including phenoxy) is 1. The van der Waals surface area contributed by atoms with Gasteiger partial charge in [0.05, 0.1) is 6.33 Å². The van der Waals surface area contributed by atoms with Gasteiger partial charge in [0.15, 0.2) is 0 Å². The molecule has 0 saturated carbocycles. The lowest BCUT2D eigenvalue weighted by atomic mass is 9.94. The molecule has 0 bridgehead atoms. The van der Waals surface area contributed by atoms with Crippen molar-refractivity contribution in [3.05, 3.63) is 46.8 Å². The largest absolute Gasteiger partial charge is 0.445 e. The number of fused-ring (bicyclic) bond motifs is 1. The first-order valence-electron chi connectivity index (χ1n) is 6.33. The summed E-state index contributed by atoms with van der Waals surface area (Å²) in [5.74, 6) is -0.232. The second-order valence-corrected chi connectivity index (χ2v) is 4.62. The number of carbonyl (C=O) groups is 2. The Hall–Kier alpha value is -2.41. The van der Waals surface area contributed by atoms with E-state index >= 15 is 0 Å². The van der Waals surface area contributed by atoms with E-state index in [1.807, 2.05) is 0 Å². The average Bonchev–Trinajstić information content (AvgIpc) is 2.47. The van der Waals surface area contributed by atoms with Crippen molar-refractivity contribution in [1.29, 1.82) is 0 Å². The topological polar surface area (TPSA) is 102 Å². The molecule has 0 fully saturated rings. The maximum absolute atomic E-state index is 12.8. The Labute approximate surface area is 120 Å². The molecule has 1 aliphatic rings. The number of hydrogen-bond donors (Lipinski definition) is 3. The Morgan fingerprint density at radius 1 is 1.57 bits per heavy atom. The Bertz CT molecular complexity index is 601. The Morgan fingerprint density at radius 3 is 3.00 bits per heavy atom. The number of halogens is 1. The summed E-state index contributed by atoms with van der Waals surface area (Å²) in [6, 6.07) is 4.83. The van der Waals surface area contributed by atoms with Crippen LogP contribution in [0, 0.1) is 0 Å². The van der Waals surface area contributed by atoms with Gasteiger partial charge in [-0.2, -0.15) is 0 Å². The van der Waals surface area contributed by atoms with Crippen LogP contribution in [0.1, 0.15) is 27.6 Å². The zero-order chi connectivity index (χ0) is 15.4. The monoisotopic (exact) mass is 294 g/mol. The highest BCUT2D eigenvalue weighted by molar-refractivity contribution is 5.96. The number of aliphatic hydroxyl groups is 1. The molecule has 0 spiro atoms. The standard InChI is InChI=1S/C14H15FN2O4/c15-6-10(7-21-14(16)20)12(18)9-2-1-8-3-4-17-13(19)11(8)5-9/h1-2,5-6,12,18H,3-4,7H2,(H2,16,20)(H,17,19). The van der Waals surface area contributed by atoms with Crippen LogP contribution in [0.4, 0.5) is 9.18 Å². The molecular formula is C14H15FN2O4. The second kappa shape index (κ2) is 6.36. The van der Waals surface area contributed by atoms with Crippen LogP contribution in [0.2, 0.25) is 0 Å². The van der Waals surface area contributed by atoms with Crippen LogP contribution >= 0.6 is 0 Å². The molecule has 2 amide bonds. The van der Waals surface area contributed by atoms with Crippen LogP contribution in [0.25, 0.3) is 0 Å². The summed E-state index contributed by atoms with van der Waals surface area (Å²) in [4.78, 5) is 22.3. The van der Waals surface area contributed by atoms with E-state index in [4.69, 9.17) is 5.73 Å². The summed E-state index contributed by atoms with van der Waals surface area (Å²) in [6.07, 6.45) is -1.53. The molecule has 4 N–H and O–H groups in total. The number of amides is 2. The molecule has 2 rings (SSSR count). The van der Waals surface area contributed by atoms with Crippen LogP contribution in [-0.4, -0.2) is 30.3 Å². The molecular weight excluding hydrogens is 279 g/mol. The van der Waals surface area contributed by atoms with E-state index in [-0.39, 0.29) is 17.8 Å². The van der Waals surface area contributed by atoms with Crippen molar-refractivity contribution >= 4 is 12.0 Å². The first-order valence-corrected chi connectivity index (χ1v) is 6.33. The molecule has 1 unspecified atom stereocenters. The minimum absolute atomic E-state index is 0.160. The van der Waals surface area contributed by atoms with Crippen LogP contribution < -0.4 is 11.1 Å². The molecule has 0 radical (unpaired) electrons. The van der Waals surface area contributed by atoms with Crippen LogP contribution in [0.5, 0.6) is 0 Å². The SMILES string of the molecule is NC(=O)OCC(=CF)C(O)c1ccc2c(c1)C(=O)NCC2. The molecule has 0 aliphatic carbocycles.